The first-order chi connectivity index (χ1) is 14.9. The van der Waals surface area contributed by atoms with E-state index in [1.54, 1.807) is 11.8 Å². The summed E-state index contributed by atoms with van der Waals surface area (Å²) in [5.74, 6) is 0.697. The van der Waals surface area contributed by atoms with Crippen LogP contribution >= 0.6 is 0 Å². The Morgan fingerprint density at radius 1 is 1.00 bits per heavy atom. The third-order valence-electron chi connectivity index (χ3n) is 5.37. The molecule has 5 heteroatoms. The minimum Gasteiger partial charge on any atom is -0.483 e. The molecule has 0 aromatic heterocycles. The molecule has 2 amide bonds. The van der Waals surface area contributed by atoms with E-state index in [-0.39, 0.29) is 18.4 Å². The Labute approximate surface area is 186 Å². The summed E-state index contributed by atoms with van der Waals surface area (Å²) in [5, 5.41) is 2.94. The number of carbonyl (C=O) groups excluding carboxylic acids is 2. The highest BCUT2D eigenvalue weighted by Gasteiger charge is 2.26. The van der Waals surface area contributed by atoms with Crippen LogP contribution in [0.2, 0.25) is 0 Å². The molecule has 1 N–H and O–H groups in total. The van der Waals surface area contributed by atoms with Crippen molar-refractivity contribution >= 4 is 11.8 Å². The Morgan fingerprint density at radius 2 is 1.68 bits per heavy atom. The molecule has 5 nitrogen and oxygen atoms in total. The molecule has 0 radical (unpaired) electrons. The van der Waals surface area contributed by atoms with Crippen molar-refractivity contribution in [1.82, 2.24) is 10.2 Å². The fourth-order valence-corrected chi connectivity index (χ4v) is 3.42. The second kappa shape index (κ2) is 12.8. The average Bonchev–Trinajstić information content (AvgIpc) is 2.78. The summed E-state index contributed by atoms with van der Waals surface area (Å²) < 4.78 is 5.90. The zero-order valence-corrected chi connectivity index (χ0v) is 19.3. The maximum absolute atomic E-state index is 13.1. The standard InChI is InChI=1S/C26H36N2O3/c1-5-6-17-27-26(30)21(4)28(18-16-22-12-8-7-9-13-22)25(29)19-31-24-15-11-10-14-23(24)20(2)3/h7-15,20-21H,5-6,16-19H2,1-4H3,(H,27,30)/t21-/m1/s1. The monoisotopic (exact) mass is 424 g/mol. The van der Waals surface area contributed by atoms with Crippen LogP contribution < -0.4 is 10.1 Å². The minimum absolute atomic E-state index is 0.0922. The smallest absolute Gasteiger partial charge is 0.261 e. The van der Waals surface area contributed by atoms with Crippen LogP contribution in [0.5, 0.6) is 5.75 Å². The first-order valence-electron chi connectivity index (χ1n) is 11.3. The first kappa shape index (κ1) is 24.4. The van der Waals surface area contributed by atoms with E-state index >= 15 is 0 Å². The maximum Gasteiger partial charge on any atom is 0.261 e. The quantitative estimate of drug-likeness (QED) is 0.508. The molecule has 2 aromatic carbocycles. The number of hydrogen-bond acceptors (Lipinski definition) is 3. The highest BCUT2D eigenvalue weighted by molar-refractivity contribution is 5.88. The fourth-order valence-electron chi connectivity index (χ4n) is 3.42. The third kappa shape index (κ3) is 7.74. The average molecular weight is 425 g/mol. The maximum atomic E-state index is 13.1. The van der Waals surface area contributed by atoms with Gasteiger partial charge in [-0.05, 0) is 42.9 Å². The highest BCUT2D eigenvalue weighted by atomic mass is 16.5. The number of ether oxygens (including phenoxy) is 1. The lowest BCUT2D eigenvalue weighted by Crippen LogP contribution is -2.50. The Hall–Kier alpha value is -2.82. The lowest BCUT2D eigenvalue weighted by molar-refractivity contribution is -0.141. The molecule has 1 atom stereocenters. The van der Waals surface area contributed by atoms with Crippen LogP contribution in [0.4, 0.5) is 0 Å². The van der Waals surface area contributed by atoms with E-state index in [4.69, 9.17) is 4.74 Å². The van der Waals surface area contributed by atoms with E-state index in [9.17, 15) is 9.59 Å². The molecule has 0 bridgehead atoms. The van der Waals surface area contributed by atoms with Crippen molar-refractivity contribution in [3.05, 3.63) is 65.7 Å². The summed E-state index contributed by atoms with van der Waals surface area (Å²) in [6.07, 6.45) is 2.61. The lowest BCUT2D eigenvalue weighted by Gasteiger charge is -2.29. The number of benzene rings is 2. The summed E-state index contributed by atoms with van der Waals surface area (Å²) >= 11 is 0. The molecular weight excluding hydrogens is 388 g/mol. The van der Waals surface area contributed by atoms with Gasteiger partial charge in [0.2, 0.25) is 5.91 Å². The summed E-state index contributed by atoms with van der Waals surface area (Å²) in [6, 6.07) is 17.2. The number of nitrogens with zero attached hydrogens (tertiary/aromatic N) is 1. The van der Waals surface area contributed by atoms with E-state index in [0.717, 1.165) is 24.0 Å². The number of carbonyl (C=O) groups is 2. The van der Waals surface area contributed by atoms with Crippen molar-refractivity contribution in [2.24, 2.45) is 0 Å². The van der Waals surface area contributed by atoms with Gasteiger partial charge < -0.3 is 15.0 Å². The lowest BCUT2D eigenvalue weighted by atomic mass is 10.0. The molecule has 0 unspecified atom stereocenters. The topological polar surface area (TPSA) is 58.6 Å². The van der Waals surface area contributed by atoms with Gasteiger partial charge in [0, 0.05) is 13.1 Å². The summed E-state index contributed by atoms with van der Waals surface area (Å²) in [5.41, 5.74) is 2.20. The molecular formula is C26H36N2O3. The van der Waals surface area contributed by atoms with Gasteiger partial charge in [-0.2, -0.15) is 0 Å². The van der Waals surface area contributed by atoms with E-state index in [0.29, 0.717) is 31.2 Å². The van der Waals surface area contributed by atoms with Gasteiger partial charge in [-0.15, -0.1) is 0 Å². The molecule has 2 aromatic rings. The summed E-state index contributed by atoms with van der Waals surface area (Å²) in [4.78, 5) is 27.4. The van der Waals surface area contributed by atoms with Gasteiger partial charge in [0.15, 0.2) is 6.61 Å². The van der Waals surface area contributed by atoms with E-state index in [1.165, 1.54) is 0 Å². The molecule has 0 heterocycles. The zero-order valence-electron chi connectivity index (χ0n) is 19.3. The van der Waals surface area contributed by atoms with Gasteiger partial charge in [0.1, 0.15) is 11.8 Å². The Morgan fingerprint density at radius 3 is 2.35 bits per heavy atom. The Bertz CT molecular complexity index is 820. The van der Waals surface area contributed by atoms with Gasteiger partial charge >= 0.3 is 0 Å². The van der Waals surface area contributed by atoms with E-state index in [1.807, 2.05) is 54.6 Å². The second-order valence-electron chi connectivity index (χ2n) is 8.12. The summed E-state index contributed by atoms with van der Waals surface area (Å²) in [6.45, 7) is 9.05. The number of para-hydroxylation sites is 1. The van der Waals surface area contributed by atoms with Gasteiger partial charge in [-0.1, -0.05) is 75.7 Å². The Balaban J connectivity index is 2.08. The van der Waals surface area contributed by atoms with Crippen molar-refractivity contribution in [2.45, 2.75) is 58.9 Å². The van der Waals surface area contributed by atoms with Gasteiger partial charge in [-0.3, -0.25) is 9.59 Å². The molecule has 0 aliphatic carbocycles. The van der Waals surface area contributed by atoms with Crippen molar-refractivity contribution in [2.75, 3.05) is 19.7 Å². The molecule has 0 saturated heterocycles. The number of nitrogens with one attached hydrogen (secondary N) is 1. The van der Waals surface area contributed by atoms with Crippen LogP contribution in [-0.2, 0) is 16.0 Å². The number of unbranched alkanes of at least 4 members (excludes halogenated alkanes) is 1. The van der Waals surface area contributed by atoms with Crippen LogP contribution in [0.1, 0.15) is 57.6 Å². The van der Waals surface area contributed by atoms with Gasteiger partial charge in [-0.25, -0.2) is 0 Å². The highest BCUT2D eigenvalue weighted by Crippen LogP contribution is 2.25. The SMILES string of the molecule is CCCCNC(=O)[C@@H](C)N(CCc1ccccc1)C(=O)COc1ccccc1C(C)C. The number of hydrogen-bond donors (Lipinski definition) is 1. The molecule has 0 aliphatic rings. The van der Waals surface area contributed by atoms with E-state index < -0.39 is 6.04 Å². The van der Waals surface area contributed by atoms with Crippen LogP contribution in [-0.4, -0.2) is 42.5 Å². The zero-order chi connectivity index (χ0) is 22.6. The third-order valence-corrected chi connectivity index (χ3v) is 5.37. The number of amides is 2. The summed E-state index contributed by atoms with van der Waals surface area (Å²) in [7, 11) is 0. The van der Waals surface area contributed by atoms with Crippen LogP contribution in [0.15, 0.2) is 54.6 Å². The van der Waals surface area contributed by atoms with Crippen molar-refractivity contribution < 1.29 is 14.3 Å². The van der Waals surface area contributed by atoms with Gasteiger partial charge in [0.25, 0.3) is 5.91 Å². The molecule has 0 fully saturated rings. The molecule has 0 spiro atoms. The normalized spacial score (nSPS) is 11.8. The molecule has 31 heavy (non-hydrogen) atoms. The van der Waals surface area contributed by atoms with Crippen LogP contribution in [0.3, 0.4) is 0 Å². The minimum atomic E-state index is -0.558. The van der Waals surface area contributed by atoms with Crippen molar-refractivity contribution in [1.29, 1.82) is 0 Å². The van der Waals surface area contributed by atoms with Crippen LogP contribution in [0.25, 0.3) is 0 Å². The second-order valence-corrected chi connectivity index (χ2v) is 8.12. The van der Waals surface area contributed by atoms with E-state index in [2.05, 4.69) is 26.1 Å². The number of rotatable bonds is 12. The predicted octanol–water partition coefficient (Wildman–Crippen LogP) is 4.56. The largest absolute Gasteiger partial charge is 0.483 e. The fraction of sp³-hybridized carbons (Fsp3) is 0.462. The first-order valence-corrected chi connectivity index (χ1v) is 11.3. The predicted molar refractivity (Wildman–Crippen MR) is 125 cm³/mol. The molecule has 0 saturated carbocycles. The Kier molecular flexibility index (Phi) is 10.1. The van der Waals surface area contributed by atoms with Gasteiger partial charge in [0.05, 0.1) is 0 Å². The molecule has 168 valence electrons. The molecule has 0 aliphatic heterocycles. The van der Waals surface area contributed by atoms with Crippen LogP contribution in [0, 0.1) is 0 Å². The van der Waals surface area contributed by atoms with Crippen molar-refractivity contribution in [3.8, 4) is 5.75 Å². The molecule has 2 rings (SSSR count). The van der Waals surface area contributed by atoms with Crippen molar-refractivity contribution in [3.63, 3.8) is 0 Å².